The molecule has 0 aliphatic heterocycles. The second-order valence-corrected chi connectivity index (χ2v) is 2.67. The Balaban J connectivity index is 2.79. The monoisotopic (exact) mass is 213 g/mol. The third kappa shape index (κ3) is 2.85. The minimum atomic E-state index is -0.224. The molecule has 0 unspecified atom stereocenters. The first-order valence-electron chi connectivity index (χ1n) is 3.22. The van der Waals surface area contributed by atoms with Gasteiger partial charge in [0.1, 0.15) is 5.82 Å². The summed E-state index contributed by atoms with van der Waals surface area (Å²) in [6, 6.07) is 7.29. The summed E-state index contributed by atoms with van der Waals surface area (Å²) >= 11 is 3.23. The lowest BCUT2D eigenvalue weighted by Crippen LogP contribution is -1.75. The lowest BCUT2D eigenvalue weighted by atomic mass is 10.2. The van der Waals surface area contributed by atoms with Crippen molar-refractivity contribution in [2.24, 2.45) is 0 Å². The second kappa shape index (κ2) is 4.29. The van der Waals surface area contributed by atoms with Crippen LogP contribution in [0.2, 0.25) is 0 Å². The molecule has 0 heterocycles. The molecule has 0 N–H and O–H groups in total. The summed E-state index contributed by atoms with van der Waals surface area (Å²) in [6.45, 7) is 0. The van der Waals surface area contributed by atoms with E-state index in [4.69, 9.17) is 0 Å². The van der Waals surface area contributed by atoms with Crippen LogP contribution in [0.25, 0.3) is 6.08 Å². The second-order valence-electron chi connectivity index (χ2n) is 2.02. The third-order valence-electron chi connectivity index (χ3n) is 1.17. The normalized spacial score (nSPS) is 10.7. The molecular formula is C9H7BrF. The van der Waals surface area contributed by atoms with Gasteiger partial charge in [-0.1, -0.05) is 34.1 Å². The summed E-state index contributed by atoms with van der Waals surface area (Å²) in [5.41, 5.74) is 0.768. The van der Waals surface area contributed by atoms with E-state index in [1.54, 1.807) is 6.07 Å². The molecule has 0 bridgehead atoms. The van der Waals surface area contributed by atoms with Crippen LogP contribution in [0, 0.1) is 11.9 Å². The molecule has 0 nitrogen and oxygen atoms in total. The van der Waals surface area contributed by atoms with Gasteiger partial charge in [-0.2, -0.15) is 0 Å². The quantitative estimate of drug-likeness (QED) is 0.663. The van der Waals surface area contributed by atoms with Crippen molar-refractivity contribution < 1.29 is 4.39 Å². The Bertz CT molecular complexity index is 255. The highest BCUT2D eigenvalue weighted by Crippen LogP contribution is 2.04. The van der Waals surface area contributed by atoms with Crippen molar-refractivity contribution in [3.05, 3.63) is 41.7 Å². The molecule has 11 heavy (non-hydrogen) atoms. The molecule has 0 spiro atoms. The number of allylic oxidation sites excluding steroid dienone is 1. The van der Waals surface area contributed by atoms with Crippen LogP contribution in [0.5, 0.6) is 0 Å². The van der Waals surface area contributed by atoms with E-state index in [1.807, 2.05) is 12.2 Å². The van der Waals surface area contributed by atoms with Gasteiger partial charge >= 0.3 is 0 Å². The molecule has 0 saturated carbocycles. The van der Waals surface area contributed by atoms with Gasteiger partial charge in [0.2, 0.25) is 0 Å². The number of hydrogen-bond acceptors (Lipinski definition) is 0. The molecule has 1 aromatic carbocycles. The predicted molar refractivity (Wildman–Crippen MR) is 48.1 cm³/mol. The highest BCUT2D eigenvalue weighted by molar-refractivity contribution is 9.09. The van der Waals surface area contributed by atoms with Crippen molar-refractivity contribution in [3.63, 3.8) is 0 Å². The molecule has 1 aromatic rings. The first kappa shape index (κ1) is 8.47. The first-order chi connectivity index (χ1) is 5.33. The highest BCUT2D eigenvalue weighted by atomic mass is 79.9. The van der Waals surface area contributed by atoms with E-state index in [0.717, 1.165) is 10.9 Å². The van der Waals surface area contributed by atoms with Gasteiger partial charge in [-0.15, -0.1) is 0 Å². The molecule has 1 radical (unpaired) electrons. The maximum absolute atomic E-state index is 12.5. The zero-order valence-corrected chi connectivity index (χ0v) is 7.44. The Hall–Kier alpha value is -0.630. The Kier molecular flexibility index (Phi) is 3.30. The number of alkyl halides is 1. The molecule has 0 atom stereocenters. The predicted octanol–water partition coefficient (Wildman–Crippen LogP) is 3.03. The van der Waals surface area contributed by atoms with Crippen molar-refractivity contribution in [3.8, 4) is 0 Å². The van der Waals surface area contributed by atoms with Gasteiger partial charge in [-0.05, 0) is 23.8 Å². The van der Waals surface area contributed by atoms with E-state index in [-0.39, 0.29) is 5.82 Å². The van der Waals surface area contributed by atoms with E-state index in [2.05, 4.69) is 22.0 Å². The summed E-state index contributed by atoms with van der Waals surface area (Å²) in [5, 5.41) is 0.775. The van der Waals surface area contributed by atoms with Crippen molar-refractivity contribution in [1.82, 2.24) is 0 Å². The summed E-state index contributed by atoms with van der Waals surface area (Å²) in [4.78, 5) is 0. The fourth-order valence-electron chi connectivity index (χ4n) is 0.724. The molecule has 0 saturated heterocycles. The molecular weight excluding hydrogens is 207 g/mol. The average molecular weight is 214 g/mol. The van der Waals surface area contributed by atoms with E-state index in [9.17, 15) is 4.39 Å². The minimum absolute atomic E-state index is 0.224. The van der Waals surface area contributed by atoms with E-state index >= 15 is 0 Å². The molecule has 0 aliphatic carbocycles. The fourth-order valence-corrected chi connectivity index (χ4v) is 0.910. The fraction of sp³-hybridized carbons (Fsp3) is 0.111. The molecule has 0 aromatic heterocycles. The maximum atomic E-state index is 12.5. The summed E-state index contributed by atoms with van der Waals surface area (Å²) in [7, 11) is 0. The van der Waals surface area contributed by atoms with E-state index in [1.165, 1.54) is 12.1 Å². The van der Waals surface area contributed by atoms with E-state index in [0.29, 0.717) is 0 Å². The topological polar surface area (TPSA) is 0 Å². The van der Waals surface area contributed by atoms with Crippen molar-refractivity contribution in [2.45, 2.75) is 0 Å². The third-order valence-corrected chi connectivity index (χ3v) is 1.55. The summed E-state index contributed by atoms with van der Waals surface area (Å²) in [6.07, 6.45) is 3.71. The highest BCUT2D eigenvalue weighted by Gasteiger charge is 1.88. The number of rotatable bonds is 2. The number of benzene rings is 1. The largest absolute Gasteiger partial charge is 0.207 e. The standard InChI is InChI=1S/C9H7BrF/c10-6-2-4-8-3-1-5-9(11)7-8/h1-2,4-5,7H,6H2/b4-2+. The first-order valence-corrected chi connectivity index (χ1v) is 4.35. The van der Waals surface area contributed by atoms with Gasteiger partial charge in [0.25, 0.3) is 0 Å². The van der Waals surface area contributed by atoms with Gasteiger partial charge in [0.15, 0.2) is 0 Å². The van der Waals surface area contributed by atoms with Gasteiger partial charge in [-0.3, -0.25) is 0 Å². The lowest BCUT2D eigenvalue weighted by molar-refractivity contribution is 0.627. The van der Waals surface area contributed by atoms with Crippen LogP contribution >= 0.6 is 15.9 Å². The van der Waals surface area contributed by atoms with Gasteiger partial charge < -0.3 is 0 Å². The Morgan fingerprint density at radius 1 is 1.64 bits per heavy atom. The molecule has 0 amide bonds. The molecule has 2 heteroatoms. The van der Waals surface area contributed by atoms with Gasteiger partial charge in [-0.25, -0.2) is 4.39 Å². The molecule has 1 rings (SSSR count). The maximum Gasteiger partial charge on any atom is 0.123 e. The number of halogens is 2. The average Bonchev–Trinajstić information content (AvgIpc) is 2.01. The van der Waals surface area contributed by atoms with Gasteiger partial charge in [0, 0.05) is 5.33 Å². The van der Waals surface area contributed by atoms with Crippen LogP contribution < -0.4 is 0 Å². The lowest BCUT2D eigenvalue weighted by Gasteiger charge is -1.90. The molecule has 57 valence electrons. The van der Waals surface area contributed by atoms with Crippen LogP contribution in [-0.4, -0.2) is 5.33 Å². The van der Waals surface area contributed by atoms with E-state index < -0.39 is 0 Å². The van der Waals surface area contributed by atoms with Crippen LogP contribution in [0.3, 0.4) is 0 Å². The molecule has 0 aliphatic rings. The van der Waals surface area contributed by atoms with Crippen LogP contribution in [0.15, 0.2) is 24.3 Å². The Labute approximate surface area is 73.9 Å². The SMILES string of the molecule is Fc1cc[c]c(/C=C/CBr)c1. The Morgan fingerprint density at radius 2 is 2.45 bits per heavy atom. The van der Waals surface area contributed by atoms with Crippen LogP contribution in [0.1, 0.15) is 5.56 Å². The van der Waals surface area contributed by atoms with Crippen LogP contribution in [-0.2, 0) is 0 Å². The zero-order chi connectivity index (χ0) is 8.10. The van der Waals surface area contributed by atoms with Crippen molar-refractivity contribution in [2.75, 3.05) is 5.33 Å². The molecule has 0 fully saturated rings. The summed E-state index contributed by atoms with van der Waals surface area (Å²) in [5.74, 6) is -0.224. The Morgan fingerprint density at radius 3 is 3.09 bits per heavy atom. The van der Waals surface area contributed by atoms with Crippen molar-refractivity contribution in [1.29, 1.82) is 0 Å². The zero-order valence-electron chi connectivity index (χ0n) is 5.85. The number of hydrogen-bond donors (Lipinski definition) is 0. The van der Waals surface area contributed by atoms with Crippen molar-refractivity contribution >= 4 is 22.0 Å². The summed E-state index contributed by atoms with van der Waals surface area (Å²) < 4.78 is 12.5. The minimum Gasteiger partial charge on any atom is -0.207 e. The smallest absolute Gasteiger partial charge is 0.123 e. The van der Waals surface area contributed by atoms with Crippen LogP contribution in [0.4, 0.5) is 4.39 Å². The van der Waals surface area contributed by atoms with Gasteiger partial charge in [0.05, 0.1) is 0 Å².